The van der Waals surface area contributed by atoms with Crippen molar-refractivity contribution in [1.29, 1.82) is 0 Å². The number of hydrogen-bond donors (Lipinski definition) is 2. The number of hydrogen-bond acceptors (Lipinski definition) is 3. The summed E-state index contributed by atoms with van der Waals surface area (Å²) in [5, 5.41) is 3.27. The first kappa shape index (κ1) is 12.8. The Morgan fingerprint density at radius 1 is 1.22 bits per heavy atom. The predicted octanol–water partition coefficient (Wildman–Crippen LogP) is 4.17. The van der Waals surface area contributed by atoms with E-state index in [0.717, 1.165) is 21.6 Å². The van der Waals surface area contributed by atoms with Crippen LogP contribution >= 0.6 is 15.9 Å². The summed E-state index contributed by atoms with van der Waals surface area (Å²) < 4.78 is 6.42. The van der Waals surface area contributed by atoms with E-state index in [4.69, 9.17) is 10.5 Å². The summed E-state index contributed by atoms with van der Waals surface area (Å²) in [6, 6.07) is 13.6. The Labute approximate surface area is 115 Å². The van der Waals surface area contributed by atoms with Gasteiger partial charge in [0.15, 0.2) is 0 Å². The molecule has 0 unspecified atom stereocenters. The van der Waals surface area contributed by atoms with Gasteiger partial charge in [0.25, 0.3) is 0 Å². The molecule has 0 amide bonds. The highest BCUT2D eigenvalue weighted by molar-refractivity contribution is 9.10. The van der Waals surface area contributed by atoms with Crippen LogP contribution in [-0.4, -0.2) is 6.61 Å². The van der Waals surface area contributed by atoms with Gasteiger partial charge in [-0.05, 0) is 37.3 Å². The number of nitrogens with two attached hydrogens (primary N) is 1. The fourth-order valence-electron chi connectivity index (χ4n) is 1.63. The van der Waals surface area contributed by atoms with E-state index < -0.39 is 0 Å². The van der Waals surface area contributed by atoms with E-state index in [-0.39, 0.29) is 0 Å². The van der Waals surface area contributed by atoms with E-state index >= 15 is 0 Å². The van der Waals surface area contributed by atoms with Gasteiger partial charge in [-0.1, -0.05) is 22.0 Å². The van der Waals surface area contributed by atoms with Gasteiger partial charge in [0.1, 0.15) is 5.75 Å². The predicted molar refractivity (Wildman–Crippen MR) is 79.4 cm³/mol. The Morgan fingerprint density at radius 3 is 2.78 bits per heavy atom. The van der Waals surface area contributed by atoms with Gasteiger partial charge >= 0.3 is 0 Å². The fraction of sp³-hybridized carbons (Fsp3) is 0.143. The maximum absolute atomic E-state index is 5.94. The van der Waals surface area contributed by atoms with Gasteiger partial charge in [-0.25, -0.2) is 0 Å². The summed E-state index contributed by atoms with van der Waals surface area (Å²) >= 11 is 3.39. The molecule has 0 heterocycles. The zero-order valence-electron chi connectivity index (χ0n) is 10.1. The second-order valence-electron chi connectivity index (χ2n) is 3.82. The molecule has 0 atom stereocenters. The molecule has 18 heavy (non-hydrogen) atoms. The highest BCUT2D eigenvalue weighted by Gasteiger charge is 2.01. The van der Waals surface area contributed by atoms with Crippen LogP contribution in [0.4, 0.5) is 17.1 Å². The molecule has 4 heteroatoms. The molecule has 3 nitrogen and oxygen atoms in total. The Kier molecular flexibility index (Phi) is 4.10. The van der Waals surface area contributed by atoms with Gasteiger partial charge in [0, 0.05) is 16.2 Å². The van der Waals surface area contributed by atoms with Crippen molar-refractivity contribution in [3.8, 4) is 5.75 Å². The number of benzene rings is 2. The normalized spacial score (nSPS) is 10.1. The Balaban J connectivity index is 2.20. The number of rotatable bonds is 4. The number of ether oxygens (including phenoxy) is 1. The van der Waals surface area contributed by atoms with E-state index in [1.165, 1.54) is 0 Å². The fourth-order valence-corrected chi connectivity index (χ4v) is 2.01. The smallest absolute Gasteiger partial charge is 0.121 e. The van der Waals surface area contributed by atoms with Crippen LogP contribution in [0.15, 0.2) is 46.9 Å². The standard InChI is InChI=1S/C14H15BrN2O/c1-2-18-12-5-3-4-11(9-12)17-14-7-6-10(15)8-13(14)16/h3-9,17H,2,16H2,1H3. The summed E-state index contributed by atoms with van der Waals surface area (Å²) in [6.07, 6.45) is 0. The van der Waals surface area contributed by atoms with Crippen LogP contribution in [0, 0.1) is 0 Å². The lowest BCUT2D eigenvalue weighted by Gasteiger charge is -2.11. The zero-order chi connectivity index (χ0) is 13.0. The number of nitrogens with one attached hydrogen (secondary N) is 1. The van der Waals surface area contributed by atoms with Gasteiger partial charge in [0.05, 0.1) is 18.0 Å². The van der Waals surface area contributed by atoms with Crippen molar-refractivity contribution in [1.82, 2.24) is 0 Å². The molecular weight excluding hydrogens is 292 g/mol. The molecule has 3 N–H and O–H groups in total. The average Bonchev–Trinajstić information content (AvgIpc) is 2.34. The van der Waals surface area contributed by atoms with Crippen molar-refractivity contribution in [2.24, 2.45) is 0 Å². The van der Waals surface area contributed by atoms with Crippen molar-refractivity contribution < 1.29 is 4.74 Å². The van der Waals surface area contributed by atoms with Gasteiger partial charge in [-0.2, -0.15) is 0 Å². The number of nitrogen functional groups attached to an aromatic ring is 1. The highest BCUT2D eigenvalue weighted by Crippen LogP contribution is 2.27. The second-order valence-corrected chi connectivity index (χ2v) is 4.73. The minimum atomic E-state index is 0.657. The van der Waals surface area contributed by atoms with E-state index in [1.807, 2.05) is 49.4 Å². The molecule has 94 valence electrons. The monoisotopic (exact) mass is 306 g/mol. The minimum Gasteiger partial charge on any atom is -0.494 e. The topological polar surface area (TPSA) is 47.3 Å². The molecule has 0 radical (unpaired) electrons. The van der Waals surface area contributed by atoms with E-state index in [9.17, 15) is 0 Å². The first-order chi connectivity index (χ1) is 8.69. The number of anilines is 3. The van der Waals surface area contributed by atoms with Gasteiger partial charge in [0.2, 0.25) is 0 Å². The van der Waals surface area contributed by atoms with Crippen molar-refractivity contribution in [3.05, 3.63) is 46.9 Å². The first-order valence-electron chi connectivity index (χ1n) is 5.74. The van der Waals surface area contributed by atoms with Crippen molar-refractivity contribution >= 4 is 33.0 Å². The van der Waals surface area contributed by atoms with Crippen LogP contribution in [0.5, 0.6) is 5.75 Å². The summed E-state index contributed by atoms with van der Waals surface area (Å²) in [7, 11) is 0. The van der Waals surface area contributed by atoms with Crippen LogP contribution in [0.3, 0.4) is 0 Å². The summed E-state index contributed by atoms with van der Waals surface area (Å²) in [6.45, 7) is 2.62. The minimum absolute atomic E-state index is 0.657. The third-order valence-corrected chi connectivity index (χ3v) is 2.93. The van der Waals surface area contributed by atoms with Gasteiger partial charge in [-0.3, -0.25) is 0 Å². The van der Waals surface area contributed by atoms with Crippen molar-refractivity contribution in [2.45, 2.75) is 6.92 Å². The largest absolute Gasteiger partial charge is 0.494 e. The molecule has 0 spiro atoms. The first-order valence-corrected chi connectivity index (χ1v) is 6.53. The third kappa shape index (κ3) is 3.17. The quantitative estimate of drug-likeness (QED) is 0.833. The molecule has 0 aliphatic carbocycles. The van der Waals surface area contributed by atoms with E-state index in [1.54, 1.807) is 0 Å². The molecule has 0 bridgehead atoms. The molecule has 0 aliphatic heterocycles. The molecule has 2 rings (SSSR count). The number of halogens is 1. The molecular formula is C14H15BrN2O. The lowest BCUT2D eigenvalue weighted by atomic mass is 10.2. The molecule has 2 aromatic rings. The molecule has 0 saturated heterocycles. The van der Waals surface area contributed by atoms with Crippen LogP contribution in [-0.2, 0) is 0 Å². The maximum atomic E-state index is 5.94. The van der Waals surface area contributed by atoms with Crippen LogP contribution in [0.25, 0.3) is 0 Å². The van der Waals surface area contributed by atoms with E-state index in [0.29, 0.717) is 12.3 Å². The highest BCUT2D eigenvalue weighted by atomic mass is 79.9. The lowest BCUT2D eigenvalue weighted by molar-refractivity contribution is 0.340. The molecule has 0 fully saturated rings. The van der Waals surface area contributed by atoms with Crippen molar-refractivity contribution in [3.63, 3.8) is 0 Å². The van der Waals surface area contributed by atoms with Crippen molar-refractivity contribution in [2.75, 3.05) is 17.7 Å². The van der Waals surface area contributed by atoms with Gasteiger partial charge < -0.3 is 15.8 Å². The SMILES string of the molecule is CCOc1cccc(Nc2ccc(Br)cc2N)c1. The Bertz CT molecular complexity index is 543. The summed E-state index contributed by atoms with van der Waals surface area (Å²) in [5.41, 5.74) is 8.48. The van der Waals surface area contributed by atoms with Crippen LogP contribution in [0.1, 0.15) is 6.92 Å². The van der Waals surface area contributed by atoms with Crippen LogP contribution in [0.2, 0.25) is 0 Å². The average molecular weight is 307 g/mol. The van der Waals surface area contributed by atoms with Gasteiger partial charge in [-0.15, -0.1) is 0 Å². The molecule has 2 aromatic carbocycles. The molecule has 0 aliphatic rings. The molecule has 0 aromatic heterocycles. The van der Waals surface area contributed by atoms with Crippen LogP contribution < -0.4 is 15.8 Å². The Morgan fingerprint density at radius 2 is 2.06 bits per heavy atom. The van der Waals surface area contributed by atoms with E-state index in [2.05, 4.69) is 21.2 Å². The zero-order valence-corrected chi connectivity index (χ0v) is 11.7. The summed E-state index contributed by atoms with van der Waals surface area (Å²) in [5.74, 6) is 0.846. The maximum Gasteiger partial charge on any atom is 0.121 e. The lowest BCUT2D eigenvalue weighted by Crippen LogP contribution is -1.97. The third-order valence-electron chi connectivity index (χ3n) is 2.44. The Hall–Kier alpha value is -1.68. The molecule has 0 saturated carbocycles. The summed E-state index contributed by atoms with van der Waals surface area (Å²) in [4.78, 5) is 0. The second kappa shape index (κ2) is 5.78.